The highest BCUT2D eigenvalue weighted by Crippen LogP contribution is 2.45. The number of fused-ring (bicyclic) bond motifs is 2. The maximum absolute atomic E-state index is 13.8. The number of aromatic nitrogens is 1. The first-order valence-electron chi connectivity index (χ1n) is 12.4. The Morgan fingerprint density at radius 2 is 2.09 bits per heavy atom. The molecule has 1 aromatic carbocycles. The van der Waals surface area contributed by atoms with Crippen LogP contribution >= 0.6 is 0 Å². The van der Waals surface area contributed by atoms with Crippen molar-refractivity contribution in [3.8, 4) is 0 Å². The van der Waals surface area contributed by atoms with Crippen LogP contribution in [0.2, 0.25) is 0 Å². The number of piperidine rings is 1. The van der Waals surface area contributed by atoms with Crippen LogP contribution in [0.5, 0.6) is 0 Å². The summed E-state index contributed by atoms with van der Waals surface area (Å²) < 4.78 is 1.41. The SMILES string of the molecule is C=CCN1C[C@H](C(=O)N(CCCN(C)C)C(=O)NCC)C[C@@H]2c3cccc4c3c(cn4N=O)C[C@H]21. The number of likely N-dealkylation sites (tertiary alicyclic amines) is 1. The summed E-state index contributed by atoms with van der Waals surface area (Å²) in [6, 6.07) is 5.85. The number of benzene rings is 1. The molecule has 1 saturated heterocycles. The summed E-state index contributed by atoms with van der Waals surface area (Å²) >= 11 is 0. The van der Waals surface area contributed by atoms with Crippen LogP contribution in [0.15, 0.2) is 42.3 Å². The summed E-state index contributed by atoms with van der Waals surface area (Å²) in [4.78, 5) is 43.8. The zero-order chi connectivity index (χ0) is 25.1. The number of carbonyl (C=O) groups excluding carboxylic acids is 2. The van der Waals surface area contributed by atoms with Crippen LogP contribution in [-0.4, -0.2) is 84.2 Å². The van der Waals surface area contributed by atoms with Crippen molar-refractivity contribution in [2.24, 2.45) is 11.2 Å². The van der Waals surface area contributed by atoms with E-state index in [0.717, 1.165) is 41.4 Å². The largest absolute Gasteiger partial charge is 0.338 e. The van der Waals surface area contributed by atoms with E-state index >= 15 is 0 Å². The first-order chi connectivity index (χ1) is 16.9. The fourth-order valence-electron chi connectivity index (χ4n) is 5.83. The lowest BCUT2D eigenvalue weighted by atomic mass is 9.72. The van der Waals surface area contributed by atoms with Crippen molar-refractivity contribution in [1.29, 1.82) is 0 Å². The Balaban J connectivity index is 1.66. The maximum atomic E-state index is 13.8. The quantitative estimate of drug-likeness (QED) is 0.440. The van der Waals surface area contributed by atoms with Gasteiger partial charge >= 0.3 is 6.03 Å². The number of urea groups is 1. The number of nitrogens with one attached hydrogen (secondary N) is 1. The lowest BCUT2D eigenvalue weighted by molar-refractivity contribution is -0.135. The first kappa shape index (κ1) is 25.1. The second-order valence-corrected chi connectivity index (χ2v) is 9.86. The van der Waals surface area contributed by atoms with Crippen LogP contribution in [0.25, 0.3) is 10.9 Å². The molecule has 0 spiro atoms. The van der Waals surface area contributed by atoms with E-state index in [2.05, 4.69) is 33.0 Å². The van der Waals surface area contributed by atoms with E-state index in [-0.39, 0.29) is 29.8 Å². The minimum atomic E-state index is -0.323. The van der Waals surface area contributed by atoms with Gasteiger partial charge in [0.05, 0.1) is 16.7 Å². The van der Waals surface area contributed by atoms with Crippen molar-refractivity contribution < 1.29 is 9.59 Å². The Hall–Kier alpha value is -3.04. The fourth-order valence-corrected chi connectivity index (χ4v) is 5.83. The maximum Gasteiger partial charge on any atom is 0.324 e. The second kappa shape index (κ2) is 10.7. The van der Waals surface area contributed by atoms with E-state index in [1.165, 1.54) is 9.58 Å². The molecule has 0 bridgehead atoms. The van der Waals surface area contributed by atoms with Crippen molar-refractivity contribution in [3.63, 3.8) is 0 Å². The average molecular weight is 481 g/mol. The van der Waals surface area contributed by atoms with Crippen molar-refractivity contribution in [2.45, 2.75) is 38.1 Å². The lowest BCUT2D eigenvalue weighted by Crippen LogP contribution is -2.55. The standard InChI is InChI=1S/C26H36N6O3/c1-5-11-30-16-19(25(33)31(26(34)27-6-2)13-8-12-29(3)4)14-21-20-9-7-10-22-24(20)18(15-23(21)30)17-32(22)28-35/h5,7,9-10,17,19,21,23H,1,6,8,11-16H2,2-4H3,(H,27,34)/t19-,21-,23-/m1/s1. The first-order valence-corrected chi connectivity index (χ1v) is 12.4. The Bertz CT molecular complexity index is 1110. The Morgan fingerprint density at radius 3 is 2.77 bits per heavy atom. The van der Waals surface area contributed by atoms with Gasteiger partial charge in [-0.25, -0.2) is 9.47 Å². The number of nitroso groups, excluding NO2 is 1. The van der Waals surface area contributed by atoms with Gasteiger partial charge in [0.25, 0.3) is 0 Å². The van der Waals surface area contributed by atoms with Gasteiger partial charge in [-0.1, -0.05) is 18.2 Å². The molecule has 0 radical (unpaired) electrons. The van der Waals surface area contributed by atoms with Gasteiger partial charge in [-0.15, -0.1) is 11.5 Å². The predicted octanol–water partition coefficient (Wildman–Crippen LogP) is 3.20. The minimum absolute atomic E-state index is 0.118. The van der Waals surface area contributed by atoms with Gasteiger partial charge in [-0.05, 0) is 64.0 Å². The third-order valence-electron chi connectivity index (χ3n) is 7.30. The van der Waals surface area contributed by atoms with E-state index in [0.29, 0.717) is 32.6 Å². The number of rotatable bonds is 9. The molecule has 9 heteroatoms. The van der Waals surface area contributed by atoms with Gasteiger partial charge in [0, 0.05) is 49.7 Å². The number of imide groups is 1. The van der Waals surface area contributed by atoms with E-state index in [1.54, 1.807) is 0 Å². The minimum Gasteiger partial charge on any atom is -0.338 e. The number of amides is 3. The molecule has 1 aliphatic carbocycles. The van der Waals surface area contributed by atoms with Crippen LogP contribution in [-0.2, 0) is 11.2 Å². The fraction of sp³-hybridized carbons (Fsp3) is 0.538. The van der Waals surface area contributed by atoms with Gasteiger partial charge < -0.3 is 10.2 Å². The van der Waals surface area contributed by atoms with Gasteiger partial charge in [0.15, 0.2) is 0 Å². The summed E-state index contributed by atoms with van der Waals surface area (Å²) in [5, 5.41) is 7.07. The number of hydrogen-bond donors (Lipinski definition) is 1. The van der Waals surface area contributed by atoms with Crippen molar-refractivity contribution >= 4 is 22.8 Å². The Morgan fingerprint density at radius 1 is 1.29 bits per heavy atom. The van der Waals surface area contributed by atoms with E-state index in [9.17, 15) is 14.5 Å². The van der Waals surface area contributed by atoms with Crippen molar-refractivity contribution in [3.05, 3.63) is 53.1 Å². The molecular weight excluding hydrogens is 444 g/mol. The molecule has 1 aromatic heterocycles. The average Bonchev–Trinajstić information content (AvgIpc) is 3.21. The predicted molar refractivity (Wildman–Crippen MR) is 137 cm³/mol. The molecule has 2 aromatic rings. The molecule has 1 N–H and O–H groups in total. The summed E-state index contributed by atoms with van der Waals surface area (Å²) in [5.74, 6) is -0.303. The molecule has 1 fully saturated rings. The highest BCUT2D eigenvalue weighted by atomic mass is 16.3. The molecule has 4 rings (SSSR count). The van der Waals surface area contributed by atoms with Crippen LogP contribution in [0.3, 0.4) is 0 Å². The molecule has 188 valence electrons. The van der Waals surface area contributed by atoms with E-state index < -0.39 is 0 Å². The van der Waals surface area contributed by atoms with Gasteiger partial charge in [-0.3, -0.25) is 14.6 Å². The zero-order valence-corrected chi connectivity index (χ0v) is 20.9. The molecular formula is C26H36N6O3. The summed E-state index contributed by atoms with van der Waals surface area (Å²) in [7, 11) is 3.97. The summed E-state index contributed by atoms with van der Waals surface area (Å²) in [6.07, 6.45) is 5.89. The monoisotopic (exact) mass is 480 g/mol. The molecule has 2 aliphatic rings. The van der Waals surface area contributed by atoms with Gasteiger partial charge in [0.1, 0.15) is 0 Å². The molecule has 0 unspecified atom stereocenters. The van der Waals surface area contributed by atoms with Crippen molar-refractivity contribution in [2.75, 3.05) is 46.8 Å². The third-order valence-corrected chi connectivity index (χ3v) is 7.30. The van der Waals surface area contributed by atoms with Crippen LogP contribution < -0.4 is 5.32 Å². The van der Waals surface area contributed by atoms with Crippen LogP contribution in [0, 0.1) is 10.8 Å². The van der Waals surface area contributed by atoms with Crippen LogP contribution in [0.1, 0.15) is 36.8 Å². The zero-order valence-electron chi connectivity index (χ0n) is 20.9. The number of hydrogen-bond acceptors (Lipinski definition) is 6. The van der Waals surface area contributed by atoms with Gasteiger partial charge in [-0.2, -0.15) is 0 Å². The van der Waals surface area contributed by atoms with Gasteiger partial charge in [0.2, 0.25) is 5.91 Å². The molecule has 1 aliphatic heterocycles. The molecule has 2 heterocycles. The third kappa shape index (κ3) is 4.88. The molecule has 3 atom stereocenters. The summed E-state index contributed by atoms with van der Waals surface area (Å²) in [5.41, 5.74) is 3.07. The van der Waals surface area contributed by atoms with Crippen LogP contribution in [0.4, 0.5) is 4.79 Å². The molecule has 9 nitrogen and oxygen atoms in total. The second-order valence-electron chi connectivity index (χ2n) is 9.86. The van der Waals surface area contributed by atoms with E-state index in [1.807, 2.05) is 45.4 Å². The Labute approximate surface area is 206 Å². The topological polar surface area (TPSA) is 90.2 Å². The lowest BCUT2D eigenvalue weighted by Gasteiger charge is -2.47. The Kier molecular flexibility index (Phi) is 7.66. The highest BCUT2D eigenvalue weighted by Gasteiger charge is 2.44. The normalized spacial score (nSPS) is 21.5. The molecule has 3 amide bonds. The summed E-state index contributed by atoms with van der Waals surface area (Å²) in [6.45, 7) is 8.70. The number of carbonyl (C=O) groups is 2. The molecule has 35 heavy (non-hydrogen) atoms. The number of nitrogens with zero attached hydrogens (tertiary/aromatic N) is 5. The van der Waals surface area contributed by atoms with E-state index in [4.69, 9.17) is 0 Å². The van der Waals surface area contributed by atoms with Crippen molar-refractivity contribution in [1.82, 2.24) is 24.7 Å². The molecule has 0 saturated carbocycles. The highest BCUT2D eigenvalue weighted by molar-refractivity contribution is 5.96. The smallest absolute Gasteiger partial charge is 0.324 e.